The molecule has 1 heterocycles. The van der Waals surface area contributed by atoms with Gasteiger partial charge in [0.25, 0.3) is 0 Å². The summed E-state index contributed by atoms with van der Waals surface area (Å²) in [7, 11) is 0. The number of halogens is 1. The average molecular weight is 146 g/mol. The van der Waals surface area contributed by atoms with E-state index in [1.54, 1.807) is 0 Å². The van der Waals surface area contributed by atoms with Gasteiger partial charge in [0.2, 0.25) is 0 Å². The molecule has 10 heavy (non-hydrogen) atoms. The fourth-order valence-corrected chi connectivity index (χ4v) is 1.37. The normalized spacial score (nSPS) is 28.8. The summed E-state index contributed by atoms with van der Waals surface area (Å²) in [6, 6.07) is 0.124. The third-order valence-corrected chi connectivity index (χ3v) is 2.06. The molecular weight excluding hydrogens is 131 g/mol. The molecule has 3 heteroatoms. The van der Waals surface area contributed by atoms with Gasteiger partial charge in [0.1, 0.15) is 6.67 Å². The third kappa shape index (κ3) is 1.67. The van der Waals surface area contributed by atoms with Crippen LogP contribution in [0.4, 0.5) is 4.39 Å². The Hall–Kier alpha value is -0.150. The Balaban J connectivity index is 2.34. The van der Waals surface area contributed by atoms with Crippen molar-refractivity contribution in [2.75, 3.05) is 32.9 Å². The molecule has 1 fully saturated rings. The zero-order valence-corrected chi connectivity index (χ0v) is 6.44. The number of nitrogens with one attached hydrogen (secondary N) is 1. The highest BCUT2D eigenvalue weighted by atomic mass is 19.1. The molecule has 0 unspecified atom stereocenters. The van der Waals surface area contributed by atoms with Gasteiger partial charge in [0.15, 0.2) is 0 Å². The molecule has 0 aromatic rings. The van der Waals surface area contributed by atoms with E-state index >= 15 is 0 Å². The fourth-order valence-electron chi connectivity index (χ4n) is 1.37. The number of likely N-dealkylation sites (N-methyl/N-ethyl adjacent to an activating group) is 1. The minimum absolute atomic E-state index is 0.124. The standard InChI is InChI=1S/C7H15FN2/c1-2-10-4-3-9-6-7(10)5-8/h7,9H,2-6H2,1H3/t7-/m0/s1. The van der Waals surface area contributed by atoms with Gasteiger partial charge < -0.3 is 5.32 Å². The Labute approximate surface area is 61.4 Å². The average Bonchev–Trinajstić information content (AvgIpc) is 2.04. The molecule has 0 saturated carbocycles. The Morgan fingerprint density at radius 1 is 1.70 bits per heavy atom. The molecule has 0 amide bonds. The zero-order chi connectivity index (χ0) is 7.40. The van der Waals surface area contributed by atoms with Gasteiger partial charge in [-0.2, -0.15) is 0 Å². The van der Waals surface area contributed by atoms with Crippen molar-refractivity contribution in [3.8, 4) is 0 Å². The lowest BCUT2D eigenvalue weighted by molar-refractivity contribution is 0.143. The molecule has 0 aliphatic carbocycles. The highest BCUT2D eigenvalue weighted by Gasteiger charge is 2.19. The summed E-state index contributed by atoms with van der Waals surface area (Å²) in [6.45, 7) is 5.63. The van der Waals surface area contributed by atoms with Crippen LogP contribution in [0.15, 0.2) is 0 Å². The molecule has 2 nitrogen and oxygen atoms in total. The van der Waals surface area contributed by atoms with Gasteiger partial charge in [-0.15, -0.1) is 0 Å². The van der Waals surface area contributed by atoms with Gasteiger partial charge in [0, 0.05) is 19.6 Å². The van der Waals surface area contributed by atoms with Gasteiger partial charge >= 0.3 is 0 Å². The van der Waals surface area contributed by atoms with Crippen LogP contribution in [0.3, 0.4) is 0 Å². The highest BCUT2D eigenvalue weighted by molar-refractivity contribution is 4.77. The second-order valence-corrected chi connectivity index (χ2v) is 2.64. The van der Waals surface area contributed by atoms with Crippen LogP contribution in [-0.4, -0.2) is 43.8 Å². The molecule has 0 aromatic carbocycles. The predicted molar refractivity (Wildman–Crippen MR) is 39.9 cm³/mol. The van der Waals surface area contributed by atoms with Crippen LogP contribution in [0, 0.1) is 0 Å². The van der Waals surface area contributed by atoms with Gasteiger partial charge in [-0.1, -0.05) is 6.92 Å². The molecule has 1 aliphatic rings. The minimum atomic E-state index is -0.221. The highest BCUT2D eigenvalue weighted by Crippen LogP contribution is 2.02. The molecule has 1 N–H and O–H groups in total. The van der Waals surface area contributed by atoms with Crippen molar-refractivity contribution >= 4 is 0 Å². The molecule has 60 valence electrons. The SMILES string of the molecule is CCN1CCNC[C@@H]1CF. The number of hydrogen-bond acceptors (Lipinski definition) is 2. The van der Waals surface area contributed by atoms with Gasteiger partial charge in [0.05, 0.1) is 6.04 Å². The van der Waals surface area contributed by atoms with Crippen molar-refractivity contribution in [1.82, 2.24) is 10.2 Å². The molecule has 0 aromatic heterocycles. The van der Waals surface area contributed by atoms with Crippen molar-refractivity contribution in [3.63, 3.8) is 0 Å². The zero-order valence-electron chi connectivity index (χ0n) is 6.44. The maximum absolute atomic E-state index is 12.2. The molecule has 1 aliphatic heterocycles. The third-order valence-electron chi connectivity index (χ3n) is 2.06. The maximum atomic E-state index is 12.2. The molecular formula is C7H15FN2. The van der Waals surface area contributed by atoms with Gasteiger partial charge in [-0.25, -0.2) is 4.39 Å². The second-order valence-electron chi connectivity index (χ2n) is 2.64. The van der Waals surface area contributed by atoms with Gasteiger partial charge in [-0.05, 0) is 6.54 Å². The number of hydrogen-bond donors (Lipinski definition) is 1. The molecule has 1 atom stereocenters. The van der Waals surface area contributed by atoms with Crippen LogP contribution in [0.1, 0.15) is 6.92 Å². The lowest BCUT2D eigenvalue weighted by Crippen LogP contribution is -2.52. The first-order valence-electron chi connectivity index (χ1n) is 3.89. The van der Waals surface area contributed by atoms with Crippen LogP contribution < -0.4 is 5.32 Å². The van der Waals surface area contributed by atoms with Crippen LogP contribution >= 0.6 is 0 Å². The lowest BCUT2D eigenvalue weighted by atomic mass is 10.2. The van der Waals surface area contributed by atoms with E-state index in [0.717, 1.165) is 26.2 Å². The summed E-state index contributed by atoms with van der Waals surface area (Å²) in [5.74, 6) is 0. The smallest absolute Gasteiger partial charge is 0.106 e. The summed E-state index contributed by atoms with van der Waals surface area (Å²) >= 11 is 0. The quantitative estimate of drug-likeness (QED) is 0.600. The van der Waals surface area contributed by atoms with Crippen molar-refractivity contribution in [3.05, 3.63) is 0 Å². The first-order chi connectivity index (χ1) is 4.88. The fraction of sp³-hybridized carbons (Fsp3) is 1.00. The van der Waals surface area contributed by atoms with E-state index in [-0.39, 0.29) is 12.7 Å². The molecule has 0 spiro atoms. The Morgan fingerprint density at radius 2 is 2.50 bits per heavy atom. The van der Waals surface area contributed by atoms with Crippen molar-refractivity contribution in [1.29, 1.82) is 0 Å². The summed E-state index contributed by atoms with van der Waals surface area (Å²) in [5.41, 5.74) is 0. The lowest BCUT2D eigenvalue weighted by Gasteiger charge is -2.33. The van der Waals surface area contributed by atoms with E-state index in [4.69, 9.17) is 0 Å². The first-order valence-corrected chi connectivity index (χ1v) is 3.89. The molecule has 0 radical (unpaired) electrons. The largest absolute Gasteiger partial charge is 0.314 e. The minimum Gasteiger partial charge on any atom is -0.314 e. The second kappa shape index (κ2) is 3.88. The van der Waals surface area contributed by atoms with Crippen LogP contribution in [0.25, 0.3) is 0 Å². The van der Waals surface area contributed by atoms with Crippen LogP contribution in [-0.2, 0) is 0 Å². The Bertz CT molecular complexity index is 85.6. The molecule has 1 saturated heterocycles. The number of nitrogens with zero attached hydrogens (tertiary/aromatic N) is 1. The van der Waals surface area contributed by atoms with E-state index < -0.39 is 0 Å². The topological polar surface area (TPSA) is 15.3 Å². The van der Waals surface area contributed by atoms with E-state index in [1.165, 1.54) is 0 Å². The summed E-state index contributed by atoms with van der Waals surface area (Å²) in [5, 5.41) is 3.17. The molecule has 0 bridgehead atoms. The summed E-state index contributed by atoms with van der Waals surface area (Å²) < 4.78 is 12.2. The van der Waals surface area contributed by atoms with Gasteiger partial charge in [-0.3, -0.25) is 4.90 Å². The first kappa shape index (κ1) is 7.95. The molecule has 1 rings (SSSR count). The predicted octanol–water partition coefficient (Wildman–Crippen LogP) is 0.250. The monoisotopic (exact) mass is 146 g/mol. The number of piperazine rings is 1. The van der Waals surface area contributed by atoms with Crippen LogP contribution in [0.2, 0.25) is 0 Å². The Kier molecular flexibility index (Phi) is 3.09. The van der Waals surface area contributed by atoms with E-state index in [2.05, 4.69) is 17.1 Å². The van der Waals surface area contributed by atoms with Crippen LogP contribution in [0.5, 0.6) is 0 Å². The summed E-state index contributed by atoms with van der Waals surface area (Å²) in [4.78, 5) is 2.18. The maximum Gasteiger partial charge on any atom is 0.106 e. The van der Waals surface area contributed by atoms with E-state index in [9.17, 15) is 4.39 Å². The summed E-state index contributed by atoms with van der Waals surface area (Å²) in [6.07, 6.45) is 0. The van der Waals surface area contributed by atoms with Crippen molar-refractivity contribution in [2.45, 2.75) is 13.0 Å². The number of rotatable bonds is 2. The van der Waals surface area contributed by atoms with Crippen molar-refractivity contribution in [2.24, 2.45) is 0 Å². The van der Waals surface area contributed by atoms with Crippen molar-refractivity contribution < 1.29 is 4.39 Å². The van der Waals surface area contributed by atoms with E-state index in [1.807, 2.05) is 0 Å². The van der Waals surface area contributed by atoms with E-state index in [0.29, 0.717) is 0 Å². The number of alkyl halides is 1. The Morgan fingerprint density at radius 3 is 3.00 bits per heavy atom.